The fourth-order valence-electron chi connectivity index (χ4n) is 3.28. The van der Waals surface area contributed by atoms with Crippen LogP contribution in [0.1, 0.15) is 54.0 Å². The van der Waals surface area contributed by atoms with Crippen LogP contribution in [0.4, 0.5) is 5.69 Å². The first kappa shape index (κ1) is 13.7. The van der Waals surface area contributed by atoms with Gasteiger partial charge < -0.3 is 5.32 Å². The van der Waals surface area contributed by atoms with E-state index in [1.807, 2.05) is 25.1 Å². The maximum absolute atomic E-state index is 9.38. The Morgan fingerprint density at radius 1 is 1.05 bits per heavy atom. The van der Waals surface area contributed by atoms with Crippen molar-refractivity contribution in [3.05, 3.63) is 64.7 Å². The molecule has 0 heterocycles. The number of nitriles is 1. The fraction of sp³-hybridized carbons (Fsp3) is 0.316. The third-order valence-corrected chi connectivity index (χ3v) is 4.51. The Labute approximate surface area is 126 Å². The minimum atomic E-state index is 0.297. The van der Waals surface area contributed by atoms with E-state index in [9.17, 15) is 5.26 Å². The molecule has 2 heteroatoms. The number of fused-ring (bicyclic) bond motifs is 1. The summed E-state index contributed by atoms with van der Waals surface area (Å²) in [6.07, 6.45) is 2.29. The second-order valence-corrected chi connectivity index (χ2v) is 5.91. The zero-order valence-electron chi connectivity index (χ0n) is 12.6. The zero-order valence-corrected chi connectivity index (χ0v) is 12.6. The van der Waals surface area contributed by atoms with Gasteiger partial charge in [-0.15, -0.1) is 0 Å². The molecule has 0 spiro atoms. The van der Waals surface area contributed by atoms with Crippen LogP contribution in [0.5, 0.6) is 0 Å². The molecule has 1 N–H and O–H groups in total. The number of anilines is 1. The molecule has 2 aromatic rings. The maximum Gasteiger partial charge on any atom is 0.102 e. The molecule has 0 aromatic heterocycles. The predicted octanol–water partition coefficient (Wildman–Crippen LogP) is 4.92. The number of nitrogens with zero attached hydrogens (tertiary/aromatic N) is 1. The molecule has 2 aromatic carbocycles. The number of aryl methyl sites for hydroxylation is 1. The number of rotatable bonds is 2. The van der Waals surface area contributed by atoms with E-state index in [0.29, 0.717) is 12.0 Å². The smallest absolute Gasteiger partial charge is 0.102 e. The summed E-state index contributed by atoms with van der Waals surface area (Å²) >= 11 is 0. The third kappa shape index (κ3) is 2.52. The highest BCUT2D eigenvalue weighted by Gasteiger charge is 2.24. The van der Waals surface area contributed by atoms with Gasteiger partial charge in [-0.05, 0) is 48.4 Å². The number of benzene rings is 2. The van der Waals surface area contributed by atoms with Crippen molar-refractivity contribution < 1.29 is 0 Å². The highest BCUT2D eigenvalue weighted by molar-refractivity contribution is 5.62. The van der Waals surface area contributed by atoms with Crippen LogP contribution in [0, 0.1) is 18.3 Å². The van der Waals surface area contributed by atoms with Gasteiger partial charge in [0.1, 0.15) is 6.07 Å². The normalized spacial score (nSPS) is 20.4. The van der Waals surface area contributed by atoms with Crippen molar-refractivity contribution in [2.24, 2.45) is 0 Å². The van der Waals surface area contributed by atoms with Crippen LogP contribution in [-0.4, -0.2) is 0 Å². The number of nitrogens with one attached hydrogen (secondary N) is 1. The standard InChI is InChI=1S/C19H20N2/c1-13-6-5-9-18(17(13)12-20)21-19-11-10-14(2)15-7-3-4-8-16(15)19/h3-9,14,19,21H,10-11H2,1-2H3. The minimum Gasteiger partial charge on any atom is -0.377 e. The first-order valence-electron chi connectivity index (χ1n) is 7.55. The predicted molar refractivity (Wildman–Crippen MR) is 86.3 cm³/mol. The van der Waals surface area contributed by atoms with Gasteiger partial charge in [0, 0.05) is 0 Å². The summed E-state index contributed by atoms with van der Waals surface area (Å²) < 4.78 is 0. The minimum absolute atomic E-state index is 0.297. The number of hydrogen-bond donors (Lipinski definition) is 1. The van der Waals surface area contributed by atoms with E-state index in [4.69, 9.17) is 0 Å². The Kier molecular flexibility index (Phi) is 3.66. The van der Waals surface area contributed by atoms with E-state index in [0.717, 1.165) is 23.2 Å². The van der Waals surface area contributed by atoms with Crippen LogP contribution in [0.2, 0.25) is 0 Å². The summed E-state index contributed by atoms with van der Waals surface area (Å²) in [5.74, 6) is 0.618. The lowest BCUT2D eigenvalue weighted by atomic mass is 9.81. The van der Waals surface area contributed by atoms with Gasteiger partial charge in [0.05, 0.1) is 17.3 Å². The van der Waals surface area contributed by atoms with Gasteiger partial charge in [0.15, 0.2) is 0 Å². The SMILES string of the molecule is Cc1cccc(NC2CCC(C)c3ccccc32)c1C#N. The third-order valence-electron chi connectivity index (χ3n) is 4.51. The molecule has 106 valence electrons. The molecule has 0 saturated heterocycles. The molecule has 0 amide bonds. The van der Waals surface area contributed by atoms with Gasteiger partial charge >= 0.3 is 0 Å². The largest absolute Gasteiger partial charge is 0.377 e. The van der Waals surface area contributed by atoms with E-state index in [1.165, 1.54) is 17.5 Å². The Balaban J connectivity index is 1.96. The molecule has 0 saturated carbocycles. The fourth-order valence-corrected chi connectivity index (χ4v) is 3.28. The van der Waals surface area contributed by atoms with Crippen LogP contribution in [0.15, 0.2) is 42.5 Å². The van der Waals surface area contributed by atoms with Gasteiger partial charge in [0.25, 0.3) is 0 Å². The molecule has 2 unspecified atom stereocenters. The number of hydrogen-bond acceptors (Lipinski definition) is 2. The van der Waals surface area contributed by atoms with Crippen molar-refractivity contribution in [2.75, 3.05) is 5.32 Å². The van der Waals surface area contributed by atoms with Gasteiger partial charge in [-0.1, -0.05) is 43.3 Å². The molecule has 0 fully saturated rings. The van der Waals surface area contributed by atoms with Crippen molar-refractivity contribution in [1.82, 2.24) is 0 Å². The Morgan fingerprint density at radius 3 is 2.57 bits per heavy atom. The Morgan fingerprint density at radius 2 is 1.81 bits per heavy atom. The van der Waals surface area contributed by atoms with Gasteiger partial charge in [-0.25, -0.2) is 0 Å². The lowest BCUT2D eigenvalue weighted by Gasteiger charge is -2.31. The summed E-state index contributed by atoms with van der Waals surface area (Å²) in [5.41, 5.74) is 5.55. The highest BCUT2D eigenvalue weighted by atomic mass is 14.9. The molecule has 3 rings (SSSR count). The first-order chi connectivity index (χ1) is 10.2. The molecule has 1 aliphatic rings. The van der Waals surface area contributed by atoms with E-state index < -0.39 is 0 Å². The average molecular weight is 276 g/mol. The van der Waals surface area contributed by atoms with E-state index in [1.54, 1.807) is 0 Å². The topological polar surface area (TPSA) is 35.8 Å². The summed E-state index contributed by atoms with van der Waals surface area (Å²) in [6.45, 7) is 4.28. The highest BCUT2D eigenvalue weighted by Crippen LogP contribution is 2.39. The van der Waals surface area contributed by atoms with Gasteiger partial charge in [-0.2, -0.15) is 5.26 Å². The molecule has 0 aliphatic heterocycles. The van der Waals surface area contributed by atoms with Gasteiger partial charge in [0.2, 0.25) is 0 Å². The van der Waals surface area contributed by atoms with Crippen LogP contribution in [-0.2, 0) is 0 Å². The molecule has 21 heavy (non-hydrogen) atoms. The van der Waals surface area contributed by atoms with Crippen LogP contribution in [0.3, 0.4) is 0 Å². The van der Waals surface area contributed by atoms with Crippen molar-refractivity contribution in [1.29, 1.82) is 5.26 Å². The summed E-state index contributed by atoms with van der Waals surface area (Å²) in [5, 5.41) is 13.0. The zero-order chi connectivity index (χ0) is 14.8. The van der Waals surface area contributed by atoms with Crippen molar-refractivity contribution in [2.45, 2.75) is 38.6 Å². The van der Waals surface area contributed by atoms with E-state index in [-0.39, 0.29) is 0 Å². The summed E-state index contributed by atoms with van der Waals surface area (Å²) in [7, 11) is 0. The molecule has 1 aliphatic carbocycles. The van der Waals surface area contributed by atoms with Crippen LogP contribution < -0.4 is 5.32 Å². The van der Waals surface area contributed by atoms with E-state index >= 15 is 0 Å². The lowest BCUT2D eigenvalue weighted by molar-refractivity contribution is 0.534. The first-order valence-corrected chi connectivity index (χ1v) is 7.55. The van der Waals surface area contributed by atoms with Crippen LogP contribution >= 0.6 is 0 Å². The maximum atomic E-state index is 9.38. The molecular weight excluding hydrogens is 256 g/mol. The summed E-state index contributed by atoms with van der Waals surface area (Å²) in [6, 6.07) is 17.3. The van der Waals surface area contributed by atoms with Crippen LogP contribution in [0.25, 0.3) is 0 Å². The van der Waals surface area contributed by atoms with Crippen molar-refractivity contribution in [3.8, 4) is 6.07 Å². The molecule has 0 bridgehead atoms. The second-order valence-electron chi connectivity index (χ2n) is 5.91. The summed E-state index contributed by atoms with van der Waals surface area (Å²) in [4.78, 5) is 0. The van der Waals surface area contributed by atoms with Crippen molar-refractivity contribution in [3.63, 3.8) is 0 Å². The molecule has 0 radical (unpaired) electrons. The Bertz CT molecular complexity index is 697. The lowest BCUT2D eigenvalue weighted by Crippen LogP contribution is -2.19. The second kappa shape index (κ2) is 5.61. The molecular formula is C19H20N2. The quantitative estimate of drug-likeness (QED) is 0.845. The van der Waals surface area contributed by atoms with Crippen molar-refractivity contribution >= 4 is 5.69 Å². The van der Waals surface area contributed by atoms with E-state index in [2.05, 4.69) is 42.6 Å². The monoisotopic (exact) mass is 276 g/mol. The van der Waals surface area contributed by atoms with Gasteiger partial charge in [-0.3, -0.25) is 0 Å². The average Bonchev–Trinajstić information content (AvgIpc) is 2.51. The Hall–Kier alpha value is -2.27. The molecule has 2 atom stereocenters. The molecule has 2 nitrogen and oxygen atoms in total.